The molecule has 0 radical (unpaired) electrons. The van der Waals surface area contributed by atoms with E-state index in [1.54, 1.807) is 6.92 Å². The number of nitrogens with zero attached hydrogens (tertiary/aromatic N) is 1. The van der Waals surface area contributed by atoms with Crippen molar-refractivity contribution in [2.75, 3.05) is 6.61 Å². The average molecular weight is 518 g/mol. The summed E-state index contributed by atoms with van der Waals surface area (Å²) < 4.78 is 14.7. The lowest BCUT2D eigenvalue weighted by Crippen LogP contribution is -2.31. The molecule has 0 saturated carbocycles. The number of aromatic nitrogens is 1. The van der Waals surface area contributed by atoms with Gasteiger partial charge >= 0.3 is 5.97 Å². The van der Waals surface area contributed by atoms with E-state index in [9.17, 15) is 4.79 Å². The summed E-state index contributed by atoms with van der Waals surface area (Å²) in [5.41, 5.74) is 5.56. The smallest absolute Gasteiger partial charge is 0.347 e. The van der Waals surface area contributed by atoms with Crippen molar-refractivity contribution in [1.29, 1.82) is 0 Å². The van der Waals surface area contributed by atoms with E-state index in [4.69, 9.17) is 9.47 Å². The van der Waals surface area contributed by atoms with Crippen molar-refractivity contribution in [3.8, 4) is 22.7 Å². The van der Waals surface area contributed by atoms with Gasteiger partial charge in [0.15, 0.2) is 6.10 Å². The highest BCUT2D eigenvalue weighted by molar-refractivity contribution is 9.10. The second kappa shape index (κ2) is 11.2. The molecule has 0 saturated heterocycles. The molecule has 174 valence electrons. The van der Waals surface area contributed by atoms with Gasteiger partial charge in [-0.05, 0) is 85.1 Å². The maximum atomic E-state index is 12.5. The van der Waals surface area contributed by atoms with Crippen LogP contribution < -0.4 is 4.74 Å². The van der Waals surface area contributed by atoms with E-state index in [1.165, 1.54) is 5.69 Å². The molecule has 0 aliphatic carbocycles. The summed E-state index contributed by atoms with van der Waals surface area (Å²) in [6, 6.07) is 30.4. The van der Waals surface area contributed by atoms with Crippen molar-refractivity contribution < 1.29 is 14.3 Å². The molecule has 4 rings (SSSR count). The van der Waals surface area contributed by atoms with Crippen LogP contribution in [0.1, 0.15) is 25.1 Å². The number of carbonyl (C=O) groups excluding carboxylic acids is 1. The van der Waals surface area contributed by atoms with Crippen LogP contribution in [0.5, 0.6) is 5.75 Å². The van der Waals surface area contributed by atoms with Crippen LogP contribution in [0.3, 0.4) is 0 Å². The van der Waals surface area contributed by atoms with E-state index < -0.39 is 6.10 Å². The second-order valence-electron chi connectivity index (χ2n) is 7.95. The Balaban J connectivity index is 1.58. The first-order valence-corrected chi connectivity index (χ1v) is 12.3. The molecule has 1 aromatic heterocycles. The van der Waals surface area contributed by atoms with Gasteiger partial charge in [-0.25, -0.2) is 4.79 Å². The highest BCUT2D eigenvalue weighted by atomic mass is 79.9. The SMILES string of the molecule is CCOC(=O)[C@@H](Cc1ccccc1)Oc1ccc(-c2ccc(CC)n2-c2ccc(Br)cc2)cc1. The monoisotopic (exact) mass is 517 g/mol. The predicted molar refractivity (Wildman–Crippen MR) is 139 cm³/mol. The normalized spacial score (nSPS) is 11.7. The number of hydrogen-bond donors (Lipinski definition) is 0. The van der Waals surface area contributed by atoms with Gasteiger partial charge in [-0.15, -0.1) is 0 Å². The molecule has 0 spiro atoms. The van der Waals surface area contributed by atoms with E-state index >= 15 is 0 Å². The van der Waals surface area contributed by atoms with Gasteiger partial charge in [-0.3, -0.25) is 0 Å². The Morgan fingerprint density at radius 3 is 2.24 bits per heavy atom. The zero-order chi connectivity index (χ0) is 23.9. The first-order valence-electron chi connectivity index (χ1n) is 11.5. The molecule has 4 aromatic rings. The van der Waals surface area contributed by atoms with E-state index in [0.717, 1.165) is 33.4 Å². The van der Waals surface area contributed by atoms with Crippen molar-refractivity contribution in [2.24, 2.45) is 0 Å². The van der Waals surface area contributed by atoms with Gasteiger partial charge in [0.2, 0.25) is 0 Å². The van der Waals surface area contributed by atoms with Crippen molar-refractivity contribution in [3.05, 3.63) is 107 Å². The van der Waals surface area contributed by atoms with Crippen molar-refractivity contribution >= 4 is 21.9 Å². The molecule has 5 heteroatoms. The minimum absolute atomic E-state index is 0.319. The van der Waals surface area contributed by atoms with Crippen molar-refractivity contribution in [1.82, 2.24) is 4.57 Å². The number of ether oxygens (including phenoxy) is 2. The summed E-state index contributed by atoms with van der Waals surface area (Å²) in [5, 5.41) is 0. The summed E-state index contributed by atoms with van der Waals surface area (Å²) in [6.45, 7) is 4.28. The Labute approximate surface area is 209 Å². The summed E-state index contributed by atoms with van der Waals surface area (Å²) in [5.74, 6) is 0.280. The molecule has 4 nitrogen and oxygen atoms in total. The summed E-state index contributed by atoms with van der Waals surface area (Å²) >= 11 is 3.52. The largest absolute Gasteiger partial charge is 0.478 e. The molecule has 0 unspecified atom stereocenters. The fraction of sp³-hybridized carbons (Fsp3) is 0.207. The lowest BCUT2D eigenvalue weighted by atomic mass is 10.1. The van der Waals surface area contributed by atoms with Crippen LogP contribution in [0, 0.1) is 0 Å². The number of aryl methyl sites for hydroxylation is 1. The summed E-state index contributed by atoms with van der Waals surface area (Å²) in [7, 11) is 0. The van der Waals surface area contributed by atoms with Gasteiger partial charge in [0.1, 0.15) is 5.75 Å². The van der Waals surface area contributed by atoms with E-state index in [0.29, 0.717) is 18.8 Å². The van der Waals surface area contributed by atoms with E-state index in [-0.39, 0.29) is 5.97 Å². The van der Waals surface area contributed by atoms with Crippen molar-refractivity contribution in [3.63, 3.8) is 0 Å². The lowest BCUT2D eigenvalue weighted by molar-refractivity contribution is -0.151. The number of benzene rings is 3. The zero-order valence-corrected chi connectivity index (χ0v) is 21.0. The predicted octanol–water partition coefficient (Wildman–Crippen LogP) is 7.02. The third kappa shape index (κ3) is 5.60. The first-order chi connectivity index (χ1) is 16.6. The molecule has 1 heterocycles. The Morgan fingerprint density at radius 2 is 1.59 bits per heavy atom. The molecule has 0 aliphatic heterocycles. The highest BCUT2D eigenvalue weighted by Crippen LogP contribution is 2.29. The van der Waals surface area contributed by atoms with Gasteiger partial charge in [0, 0.05) is 22.3 Å². The third-order valence-electron chi connectivity index (χ3n) is 5.65. The van der Waals surface area contributed by atoms with Gasteiger partial charge in [-0.1, -0.05) is 53.2 Å². The number of rotatable bonds is 9. The van der Waals surface area contributed by atoms with E-state index in [1.807, 2.05) is 54.6 Å². The van der Waals surface area contributed by atoms with Crippen molar-refractivity contribution in [2.45, 2.75) is 32.8 Å². The summed E-state index contributed by atoms with van der Waals surface area (Å²) in [4.78, 5) is 12.5. The number of hydrogen-bond acceptors (Lipinski definition) is 3. The molecule has 0 amide bonds. The third-order valence-corrected chi connectivity index (χ3v) is 6.18. The molecular formula is C29H28BrNO3. The summed E-state index contributed by atoms with van der Waals surface area (Å²) in [6.07, 6.45) is 0.678. The quantitative estimate of drug-likeness (QED) is 0.224. The second-order valence-corrected chi connectivity index (χ2v) is 8.86. The molecule has 3 aromatic carbocycles. The Bertz CT molecular complexity index is 1210. The standard InChI is InChI=1S/C29H28BrNO3/c1-3-24-16-19-27(31(24)25-14-12-23(30)13-15-25)22-10-17-26(18-11-22)34-28(29(32)33-4-2)20-21-8-6-5-7-9-21/h5-19,28H,3-4,20H2,1-2H3/t28-/m1/s1. The Kier molecular flexibility index (Phi) is 7.86. The fourth-order valence-electron chi connectivity index (χ4n) is 3.98. The van der Waals surface area contributed by atoms with Gasteiger partial charge in [0.05, 0.1) is 12.3 Å². The number of esters is 1. The maximum absolute atomic E-state index is 12.5. The average Bonchev–Trinajstić information content (AvgIpc) is 3.29. The van der Waals surface area contributed by atoms with Crippen LogP contribution >= 0.6 is 15.9 Å². The Hall–Kier alpha value is -3.31. The molecule has 0 aliphatic rings. The van der Waals surface area contributed by atoms with Gasteiger partial charge in [-0.2, -0.15) is 0 Å². The molecule has 34 heavy (non-hydrogen) atoms. The minimum atomic E-state index is -0.702. The van der Waals surface area contributed by atoms with E-state index in [2.05, 4.69) is 63.8 Å². The molecule has 0 bridgehead atoms. The highest BCUT2D eigenvalue weighted by Gasteiger charge is 2.22. The molecule has 1 atom stereocenters. The van der Waals surface area contributed by atoms with Crippen LogP contribution in [0.25, 0.3) is 16.9 Å². The fourth-order valence-corrected chi connectivity index (χ4v) is 4.24. The topological polar surface area (TPSA) is 40.5 Å². The van der Waals surface area contributed by atoms with Crippen LogP contribution in [-0.2, 0) is 22.4 Å². The van der Waals surface area contributed by atoms with Crippen LogP contribution in [-0.4, -0.2) is 23.2 Å². The number of carbonyl (C=O) groups is 1. The van der Waals surface area contributed by atoms with Crippen LogP contribution in [0.15, 0.2) is 95.5 Å². The number of halogens is 1. The van der Waals surface area contributed by atoms with Crippen LogP contribution in [0.2, 0.25) is 0 Å². The van der Waals surface area contributed by atoms with Crippen LogP contribution in [0.4, 0.5) is 0 Å². The van der Waals surface area contributed by atoms with Gasteiger partial charge in [0.25, 0.3) is 0 Å². The molecular weight excluding hydrogens is 490 g/mol. The molecule has 0 fully saturated rings. The Morgan fingerprint density at radius 1 is 0.882 bits per heavy atom. The maximum Gasteiger partial charge on any atom is 0.347 e. The van der Waals surface area contributed by atoms with Gasteiger partial charge < -0.3 is 14.0 Å². The minimum Gasteiger partial charge on any atom is -0.478 e. The lowest BCUT2D eigenvalue weighted by Gasteiger charge is -2.18. The zero-order valence-electron chi connectivity index (χ0n) is 19.4. The molecule has 0 N–H and O–H groups in total. The first kappa shape index (κ1) is 23.8.